The number of amides is 1. The number of carbonyl (C=O) groups is 1. The van der Waals surface area contributed by atoms with E-state index < -0.39 is 0 Å². The summed E-state index contributed by atoms with van der Waals surface area (Å²) >= 11 is 0. The van der Waals surface area contributed by atoms with Gasteiger partial charge in [-0.2, -0.15) is 0 Å². The van der Waals surface area contributed by atoms with Crippen molar-refractivity contribution in [3.63, 3.8) is 0 Å². The van der Waals surface area contributed by atoms with Crippen LogP contribution in [0.1, 0.15) is 12.0 Å². The fraction of sp³-hybridized carbons (Fsp3) is 0.500. The first-order valence-corrected chi connectivity index (χ1v) is 8.29. The number of nitrogens with zero attached hydrogens (tertiary/aromatic N) is 3. The summed E-state index contributed by atoms with van der Waals surface area (Å²) in [6.07, 6.45) is 1.74. The zero-order valence-electron chi connectivity index (χ0n) is 15.0. The number of para-hydroxylation sites is 1. The molecule has 0 N–H and O–H groups in total. The van der Waals surface area contributed by atoms with Gasteiger partial charge in [-0.1, -0.05) is 12.1 Å². The topological polar surface area (TPSA) is 73.7 Å². The zero-order chi connectivity index (χ0) is 18.2. The molecule has 1 aromatic carbocycles. The predicted molar refractivity (Wildman–Crippen MR) is 95.7 cm³/mol. The number of fused-ring (bicyclic) bond motifs is 1. The van der Waals surface area contributed by atoms with Crippen molar-refractivity contribution in [2.45, 2.75) is 19.9 Å². The second-order valence-corrected chi connectivity index (χ2v) is 5.83. The van der Waals surface area contributed by atoms with E-state index in [1.807, 2.05) is 19.1 Å². The van der Waals surface area contributed by atoms with Gasteiger partial charge in [0.1, 0.15) is 0 Å². The first-order chi connectivity index (χ1) is 12.1. The Balaban J connectivity index is 2.08. The van der Waals surface area contributed by atoms with Gasteiger partial charge >= 0.3 is 0 Å². The third-order valence-electron chi connectivity index (χ3n) is 4.11. The third-order valence-corrected chi connectivity index (χ3v) is 4.11. The van der Waals surface area contributed by atoms with Gasteiger partial charge in [0.25, 0.3) is 5.56 Å². The second kappa shape index (κ2) is 9.29. The smallest absolute Gasteiger partial charge is 0.261 e. The minimum atomic E-state index is -0.123. The Bertz CT molecular complexity index is 764. The van der Waals surface area contributed by atoms with E-state index in [9.17, 15) is 9.59 Å². The summed E-state index contributed by atoms with van der Waals surface area (Å²) in [5.41, 5.74) is 1.54. The molecule has 2 aromatic rings. The summed E-state index contributed by atoms with van der Waals surface area (Å²) in [5, 5.41) is 0.575. The lowest BCUT2D eigenvalue weighted by atomic mass is 10.1. The summed E-state index contributed by atoms with van der Waals surface area (Å²) in [6, 6.07) is 5.53. The van der Waals surface area contributed by atoms with Crippen LogP contribution in [0.3, 0.4) is 0 Å². The molecule has 136 valence electrons. The predicted octanol–water partition coefficient (Wildman–Crippen LogP) is 1.22. The van der Waals surface area contributed by atoms with E-state index in [4.69, 9.17) is 9.47 Å². The summed E-state index contributed by atoms with van der Waals surface area (Å²) in [7, 11) is 3.20. The Kier molecular flexibility index (Phi) is 7.09. The van der Waals surface area contributed by atoms with Gasteiger partial charge in [0, 0.05) is 40.3 Å². The number of rotatable bonds is 9. The van der Waals surface area contributed by atoms with E-state index in [-0.39, 0.29) is 17.9 Å². The highest BCUT2D eigenvalue weighted by Gasteiger charge is 2.14. The molecule has 1 heterocycles. The number of hydrogen-bond donors (Lipinski definition) is 0. The van der Waals surface area contributed by atoms with Crippen molar-refractivity contribution < 1.29 is 14.3 Å². The third kappa shape index (κ3) is 4.87. The lowest BCUT2D eigenvalue weighted by Crippen LogP contribution is -2.37. The van der Waals surface area contributed by atoms with Crippen molar-refractivity contribution in [1.82, 2.24) is 14.5 Å². The molecule has 0 fully saturated rings. The maximum atomic E-state index is 12.6. The van der Waals surface area contributed by atoms with Gasteiger partial charge in [0.2, 0.25) is 5.91 Å². The molecule has 0 atom stereocenters. The molecular formula is C18H25N3O4. The first kappa shape index (κ1) is 19.1. The molecule has 0 bridgehead atoms. The van der Waals surface area contributed by atoms with E-state index in [0.29, 0.717) is 43.8 Å². The first-order valence-electron chi connectivity index (χ1n) is 8.29. The maximum Gasteiger partial charge on any atom is 0.261 e. The number of carbonyl (C=O) groups excluding carboxylic acids is 1. The molecule has 0 aliphatic rings. The molecule has 0 spiro atoms. The van der Waals surface area contributed by atoms with Crippen LogP contribution in [0.2, 0.25) is 0 Å². The number of hydrogen-bond acceptors (Lipinski definition) is 5. The molecule has 2 rings (SSSR count). The molecule has 1 amide bonds. The fourth-order valence-electron chi connectivity index (χ4n) is 2.64. The van der Waals surface area contributed by atoms with Crippen molar-refractivity contribution in [2.75, 3.05) is 40.5 Å². The molecule has 0 aliphatic carbocycles. The second-order valence-electron chi connectivity index (χ2n) is 5.83. The van der Waals surface area contributed by atoms with E-state index >= 15 is 0 Å². The standard InChI is InChI=1S/C18H25N3O4/c1-14-5-4-6-15-17(14)19-13-21(18(15)23)8-7-16(22)20(9-11-24-2)10-12-25-3/h4-6,13H,7-12H2,1-3H3. The number of methoxy groups -OCH3 is 2. The molecule has 1 aromatic heterocycles. The highest BCUT2D eigenvalue weighted by atomic mass is 16.5. The molecule has 0 aliphatic heterocycles. The van der Waals surface area contributed by atoms with E-state index in [2.05, 4.69) is 4.98 Å². The zero-order valence-corrected chi connectivity index (χ0v) is 15.0. The molecule has 25 heavy (non-hydrogen) atoms. The van der Waals surface area contributed by atoms with Crippen molar-refractivity contribution in [1.29, 1.82) is 0 Å². The van der Waals surface area contributed by atoms with Crippen LogP contribution in [-0.2, 0) is 20.8 Å². The normalized spacial score (nSPS) is 11.0. The van der Waals surface area contributed by atoms with Gasteiger partial charge in [-0.25, -0.2) is 4.98 Å². The molecule has 7 heteroatoms. The summed E-state index contributed by atoms with van der Waals surface area (Å²) < 4.78 is 11.6. The lowest BCUT2D eigenvalue weighted by Gasteiger charge is -2.22. The summed E-state index contributed by atoms with van der Waals surface area (Å²) in [6.45, 7) is 4.15. The Labute approximate surface area is 147 Å². The van der Waals surface area contributed by atoms with Crippen LogP contribution >= 0.6 is 0 Å². The van der Waals surface area contributed by atoms with Crippen molar-refractivity contribution in [3.05, 3.63) is 40.4 Å². The summed E-state index contributed by atoms with van der Waals surface area (Å²) in [4.78, 5) is 31.1. The number of benzene rings is 1. The fourth-order valence-corrected chi connectivity index (χ4v) is 2.64. The maximum absolute atomic E-state index is 12.6. The largest absolute Gasteiger partial charge is 0.383 e. The number of ether oxygens (including phenoxy) is 2. The van der Waals surface area contributed by atoms with Crippen LogP contribution in [0.25, 0.3) is 10.9 Å². The average Bonchev–Trinajstić information content (AvgIpc) is 2.61. The summed E-state index contributed by atoms with van der Waals surface area (Å²) in [5.74, 6) is -0.0367. The van der Waals surface area contributed by atoms with E-state index in [0.717, 1.165) is 5.56 Å². The van der Waals surface area contributed by atoms with Crippen LogP contribution in [-0.4, -0.2) is 60.9 Å². The van der Waals surface area contributed by atoms with Crippen molar-refractivity contribution in [2.24, 2.45) is 0 Å². The SMILES string of the molecule is COCCN(CCOC)C(=O)CCn1cnc2c(C)cccc2c1=O. The lowest BCUT2D eigenvalue weighted by molar-refractivity contribution is -0.132. The number of aromatic nitrogens is 2. The average molecular weight is 347 g/mol. The quantitative estimate of drug-likeness (QED) is 0.682. The molecule has 7 nitrogen and oxygen atoms in total. The number of aryl methyl sites for hydroxylation is 2. The van der Waals surface area contributed by atoms with Gasteiger partial charge < -0.3 is 14.4 Å². The van der Waals surface area contributed by atoms with Crippen LogP contribution in [0.5, 0.6) is 0 Å². The van der Waals surface area contributed by atoms with Gasteiger partial charge in [-0.05, 0) is 18.6 Å². The molecule has 0 unspecified atom stereocenters. The molecule has 0 saturated heterocycles. The molecule has 0 radical (unpaired) electrons. The monoisotopic (exact) mass is 347 g/mol. The van der Waals surface area contributed by atoms with Crippen LogP contribution in [0, 0.1) is 6.92 Å². The minimum absolute atomic E-state index is 0.0367. The van der Waals surface area contributed by atoms with Gasteiger partial charge in [-0.15, -0.1) is 0 Å². The highest BCUT2D eigenvalue weighted by molar-refractivity contribution is 5.80. The van der Waals surface area contributed by atoms with Crippen LogP contribution in [0.15, 0.2) is 29.3 Å². The van der Waals surface area contributed by atoms with E-state index in [1.54, 1.807) is 25.2 Å². The minimum Gasteiger partial charge on any atom is -0.383 e. The van der Waals surface area contributed by atoms with Crippen molar-refractivity contribution >= 4 is 16.8 Å². The molecule has 0 saturated carbocycles. The Morgan fingerprint density at radius 2 is 1.88 bits per heavy atom. The van der Waals surface area contributed by atoms with Crippen LogP contribution < -0.4 is 5.56 Å². The van der Waals surface area contributed by atoms with Gasteiger partial charge in [0.15, 0.2) is 0 Å². The van der Waals surface area contributed by atoms with Gasteiger partial charge in [0.05, 0.1) is 30.4 Å². The highest BCUT2D eigenvalue weighted by Crippen LogP contribution is 2.11. The Morgan fingerprint density at radius 1 is 1.20 bits per heavy atom. The van der Waals surface area contributed by atoms with Gasteiger partial charge in [-0.3, -0.25) is 14.2 Å². The van der Waals surface area contributed by atoms with Crippen LogP contribution in [0.4, 0.5) is 0 Å². The van der Waals surface area contributed by atoms with E-state index in [1.165, 1.54) is 10.9 Å². The van der Waals surface area contributed by atoms with Crippen molar-refractivity contribution in [3.8, 4) is 0 Å². The Hall–Kier alpha value is -2.25. The Morgan fingerprint density at radius 3 is 2.52 bits per heavy atom. The molecular weight excluding hydrogens is 322 g/mol.